The summed E-state index contributed by atoms with van der Waals surface area (Å²) in [6.45, 7) is 1.18. The van der Waals surface area contributed by atoms with E-state index in [0.29, 0.717) is 6.54 Å². The number of hydrogen-bond acceptors (Lipinski definition) is 6. The number of nitrogens with zero attached hydrogens (tertiary/aromatic N) is 3. The molecule has 0 fully saturated rings. The first kappa shape index (κ1) is 23.9. The van der Waals surface area contributed by atoms with Gasteiger partial charge in [0.05, 0.1) is 19.6 Å². The molecule has 1 aromatic rings. The molecule has 0 bridgehead atoms. The number of carboxylic acid groups (broad SMARTS) is 1. The van der Waals surface area contributed by atoms with Crippen LogP contribution in [0.2, 0.25) is 0 Å². The van der Waals surface area contributed by atoms with Crippen LogP contribution in [-0.4, -0.2) is 55.2 Å². The van der Waals surface area contributed by atoms with E-state index in [9.17, 15) is 14.4 Å². The van der Waals surface area contributed by atoms with Crippen molar-refractivity contribution in [1.29, 1.82) is 0 Å². The van der Waals surface area contributed by atoms with E-state index in [1.165, 1.54) is 0 Å². The van der Waals surface area contributed by atoms with E-state index in [1.807, 2.05) is 12.1 Å². The smallest absolute Gasteiger partial charge is 0.303 e. The lowest BCUT2D eigenvalue weighted by Gasteiger charge is -2.18. The molecule has 11 nitrogen and oxygen atoms in total. The number of carboxylic acids is 1. The Morgan fingerprint density at radius 1 is 1.21 bits per heavy atom. The fraction of sp³-hybridized carbons (Fsp3) is 0.500. The first-order valence-corrected chi connectivity index (χ1v) is 9.11. The van der Waals surface area contributed by atoms with Gasteiger partial charge in [-0.2, -0.15) is 0 Å². The molecule has 5 N–H and O–H groups in total. The molecule has 1 rings (SSSR count). The molecule has 0 saturated carbocycles. The van der Waals surface area contributed by atoms with Crippen LogP contribution < -0.4 is 16.4 Å². The maximum atomic E-state index is 12.3. The van der Waals surface area contributed by atoms with E-state index in [2.05, 4.69) is 20.7 Å². The number of carbonyl (C=O) groups is 3. The lowest BCUT2D eigenvalue weighted by Crippen LogP contribution is -2.48. The van der Waals surface area contributed by atoms with Gasteiger partial charge in [-0.05, 0) is 23.1 Å². The number of aliphatic carboxylic acids is 1. The van der Waals surface area contributed by atoms with Crippen molar-refractivity contribution in [1.82, 2.24) is 10.6 Å². The number of ether oxygens (including phenoxy) is 1. The Kier molecular flexibility index (Phi) is 11.5. The van der Waals surface area contributed by atoms with Crippen molar-refractivity contribution < 1.29 is 24.2 Å². The number of hydrogen-bond donors (Lipinski definition) is 4. The van der Waals surface area contributed by atoms with Crippen LogP contribution in [0.4, 0.5) is 0 Å². The molecule has 0 radical (unpaired) electrons. The van der Waals surface area contributed by atoms with E-state index in [0.717, 1.165) is 11.1 Å². The van der Waals surface area contributed by atoms with Gasteiger partial charge in [-0.3, -0.25) is 14.4 Å². The summed E-state index contributed by atoms with van der Waals surface area (Å²) in [5.41, 5.74) is 15.4. The maximum absolute atomic E-state index is 12.3. The van der Waals surface area contributed by atoms with Gasteiger partial charge in [-0.25, -0.2) is 0 Å². The molecular weight excluding hydrogens is 380 g/mol. The zero-order chi connectivity index (χ0) is 21.5. The number of benzene rings is 1. The lowest BCUT2D eigenvalue weighted by atomic mass is 10.1. The third-order valence-electron chi connectivity index (χ3n) is 3.87. The summed E-state index contributed by atoms with van der Waals surface area (Å²) in [7, 11) is 0. The largest absolute Gasteiger partial charge is 0.481 e. The van der Waals surface area contributed by atoms with Gasteiger partial charge in [0.2, 0.25) is 11.8 Å². The first-order chi connectivity index (χ1) is 14.0. The van der Waals surface area contributed by atoms with E-state index in [4.69, 9.17) is 21.1 Å². The van der Waals surface area contributed by atoms with Crippen molar-refractivity contribution in [3.05, 3.63) is 45.8 Å². The Balaban J connectivity index is 2.51. The van der Waals surface area contributed by atoms with Crippen LogP contribution in [0.15, 0.2) is 29.4 Å². The molecule has 0 aliphatic rings. The highest BCUT2D eigenvalue weighted by Crippen LogP contribution is 2.06. The Hall–Kier alpha value is -3.14. The van der Waals surface area contributed by atoms with Gasteiger partial charge in [0.25, 0.3) is 0 Å². The molecule has 11 heteroatoms. The Morgan fingerprint density at radius 2 is 1.90 bits per heavy atom. The van der Waals surface area contributed by atoms with Gasteiger partial charge in [0.15, 0.2) is 0 Å². The summed E-state index contributed by atoms with van der Waals surface area (Å²) in [5, 5.41) is 17.4. The lowest BCUT2D eigenvalue weighted by molar-refractivity contribution is -0.138. The van der Waals surface area contributed by atoms with Crippen LogP contribution in [0.1, 0.15) is 24.0 Å². The fourth-order valence-electron chi connectivity index (χ4n) is 2.38. The predicted molar refractivity (Wildman–Crippen MR) is 105 cm³/mol. The van der Waals surface area contributed by atoms with Crippen LogP contribution in [0, 0.1) is 0 Å². The van der Waals surface area contributed by atoms with Gasteiger partial charge in [-0.15, -0.1) is 0 Å². The predicted octanol–water partition coefficient (Wildman–Crippen LogP) is 0.481. The molecule has 0 saturated heterocycles. The highest BCUT2D eigenvalue weighted by molar-refractivity contribution is 5.88. The second kappa shape index (κ2) is 13.9. The van der Waals surface area contributed by atoms with Crippen LogP contribution in [0.5, 0.6) is 0 Å². The van der Waals surface area contributed by atoms with Gasteiger partial charge in [0.1, 0.15) is 6.04 Å². The Morgan fingerprint density at radius 3 is 2.52 bits per heavy atom. The molecule has 0 aromatic heterocycles. The molecular formula is C18H26N6O5. The van der Waals surface area contributed by atoms with Crippen LogP contribution in [0.3, 0.4) is 0 Å². The quantitative estimate of drug-likeness (QED) is 0.151. The second-order valence-electron chi connectivity index (χ2n) is 6.11. The summed E-state index contributed by atoms with van der Waals surface area (Å²) >= 11 is 0. The average Bonchev–Trinajstić information content (AvgIpc) is 2.70. The summed E-state index contributed by atoms with van der Waals surface area (Å²) in [6, 6.07) is 6.23. The highest BCUT2D eigenvalue weighted by Gasteiger charge is 2.21. The number of carbonyl (C=O) groups excluding carboxylic acids is 2. The molecule has 29 heavy (non-hydrogen) atoms. The monoisotopic (exact) mass is 406 g/mol. The summed E-state index contributed by atoms with van der Waals surface area (Å²) in [5.74, 6) is -1.94. The van der Waals surface area contributed by atoms with Gasteiger partial charge >= 0.3 is 5.97 Å². The third-order valence-corrected chi connectivity index (χ3v) is 3.87. The minimum atomic E-state index is -1.06. The Bertz CT molecular complexity index is 718. The summed E-state index contributed by atoms with van der Waals surface area (Å²) in [6.07, 6.45) is -0.229. The number of nitrogens with two attached hydrogens (primary N) is 1. The van der Waals surface area contributed by atoms with E-state index >= 15 is 0 Å². The molecule has 0 unspecified atom stereocenters. The van der Waals surface area contributed by atoms with Gasteiger partial charge in [0, 0.05) is 31.0 Å². The van der Waals surface area contributed by atoms with Crippen molar-refractivity contribution in [2.45, 2.75) is 31.8 Å². The van der Waals surface area contributed by atoms with E-state index in [-0.39, 0.29) is 51.5 Å². The highest BCUT2D eigenvalue weighted by atomic mass is 16.5. The minimum absolute atomic E-state index is 0.0310. The van der Waals surface area contributed by atoms with Crippen LogP contribution in [-0.2, 0) is 32.1 Å². The van der Waals surface area contributed by atoms with E-state index < -0.39 is 17.9 Å². The fourth-order valence-corrected chi connectivity index (χ4v) is 2.38. The third kappa shape index (κ3) is 10.7. The normalized spacial score (nSPS) is 11.2. The summed E-state index contributed by atoms with van der Waals surface area (Å²) < 4.78 is 5.17. The Labute approximate surface area is 168 Å². The molecule has 0 heterocycles. The van der Waals surface area contributed by atoms with Gasteiger partial charge < -0.3 is 26.2 Å². The van der Waals surface area contributed by atoms with Crippen molar-refractivity contribution in [2.24, 2.45) is 10.8 Å². The zero-order valence-electron chi connectivity index (χ0n) is 16.0. The van der Waals surface area contributed by atoms with Crippen molar-refractivity contribution in [3.8, 4) is 0 Å². The maximum Gasteiger partial charge on any atom is 0.303 e. The SMILES string of the molecule is [N-]=[N+]=NCCOCCNC(=O)[C@H](CCC(=O)O)NC(=O)Cc1ccc(CN)cc1. The zero-order valence-corrected chi connectivity index (χ0v) is 16.0. The minimum Gasteiger partial charge on any atom is -0.481 e. The van der Waals surface area contributed by atoms with Crippen LogP contribution >= 0.6 is 0 Å². The number of amides is 2. The topological polar surface area (TPSA) is 180 Å². The van der Waals surface area contributed by atoms with Crippen molar-refractivity contribution >= 4 is 17.8 Å². The molecule has 0 spiro atoms. The summed E-state index contributed by atoms with van der Waals surface area (Å²) in [4.78, 5) is 38.0. The molecule has 158 valence electrons. The van der Waals surface area contributed by atoms with E-state index in [1.54, 1.807) is 12.1 Å². The average molecular weight is 406 g/mol. The van der Waals surface area contributed by atoms with Crippen molar-refractivity contribution in [3.63, 3.8) is 0 Å². The first-order valence-electron chi connectivity index (χ1n) is 9.11. The van der Waals surface area contributed by atoms with Crippen molar-refractivity contribution in [2.75, 3.05) is 26.3 Å². The standard InChI is InChI=1S/C18H26N6O5/c19-12-14-3-1-13(2-4-14)11-16(25)23-15(5-6-17(26)27)18(28)21-7-9-29-10-8-22-24-20/h1-4,15H,5-12,19H2,(H,21,28)(H,23,25)(H,26,27)/t15-/m0/s1. The van der Waals surface area contributed by atoms with Gasteiger partial charge in [-0.1, -0.05) is 29.4 Å². The molecule has 0 aliphatic carbocycles. The molecule has 1 aromatic carbocycles. The number of rotatable bonds is 14. The number of nitrogens with one attached hydrogen (secondary N) is 2. The molecule has 1 atom stereocenters. The molecule has 0 aliphatic heterocycles. The second-order valence-corrected chi connectivity index (χ2v) is 6.11. The molecule has 2 amide bonds. The van der Waals surface area contributed by atoms with Crippen LogP contribution in [0.25, 0.3) is 10.4 Å². The number of azide groups is 1.